The van der Waals surface area contributed by atoms with Crippen molar-refractivity contribution < 1.29 is 0 Å². The van der Waals surface area contributed by atoms with Crippen molar-refractivity contribution in [3.63, 3.8) is 0 Å². The van der Waals surface area contributed by atoms with Crippen molar-refractivity contribution in [1.29, 1.82) is 5.26 Å². The maximum atomic E-state index is 12.4. The highest BCUT2D eigenvalue weighted by Gasteiger charge is 2.36. The molecule has 0 fully saturated rings. The summed E-state index contributed by atoms with van der Waals surface area (Å²) in [5.74, 6) is 0. The molecule has 0 unspecified atom stereocenters. The van der Waals surface area contributed by atoms with E-state index in [2.05, 4.69) is 158 Å². The fourth-order valence-corrected chi connectivity index (χ4v) is 11.0. The molecule has 0 aliphatic carbocycles. The Morgan fingerprint density at radius 3 is 1.04 bits per heavy atom. The number of rotatable bonds is 5. The monoisotopic (exact) mass is 872 g/mol. The zero-order valence-corrected chi connectivity index (χ0v) is 36.8. The van der Waals surface area contributed by atoms with Crippen LogP contribution in [0.1, 0.15) is 17.0 Å². The normalized spacial score (nSPS) is 12.0. The lowest BCUT2D eigenvalue weighted by atomic mass is 9.92. The Morgan fingerprint density at radius 2 is 0.676 bits per heavy atom. The van der Waals surface area contributed by atoms with Gasteiger partial charge in [0.05, 0.1) is 50.4 Å². The quantitative estimate of drug-likeness (QED) is 0.170. The van der Waals surface area contributed by atoms with Gasteiger partial charge >= 0.3 is 0 Å². The largest absolute Gasteiger partial charge is 0.291 e. The molecule has 318 valence electrons. The molecule has 0 atom stereocenters. The van der Waals surface area contributed by atoms with Gasteiger partial charge in [-0.1, -0.05) is 72.8 Å². The van der Waals surface area contributed by atoms with Crippen LogP contribution in [0.15, 0.2) is 183 Å². The SMILES string of the molecule is Cc1cc(-c2c(C#N)c(-n3c4ccccc4c4cccnc43)c(-n3c4ccccc4c4cccnc43)c(-n3c4ccccc4c4cccnc43)c2-n2c3ccccc3c3cccnc32)cc(C)n1. The second kappa shape index (κ2) is 14.3. The number of aromatic nitrogens is 9. The minimum Gasteiger partial charge on any atom is -0.291 e. The number of nitrogens with zero attached hydrogens (tertiary/aromatic N) is 10. The maximum Gasteiger partial charge on any atom is 0.145 e. The summed E-state index contributed by atoms with van der Waals surface area (Å²) in [7, 11) is 0. The molecule has 0 saturated carbocycles. The predicted molar refractivity (Wildman–Crippen MR) is 272 cm³/mol. The van der Waals surface area contributed by atoms with E-state index in [9.17, 15) is 5.26 Å². The molecule has 0 bridgehead atoms. The summed E-state index contributed by atoms with van der Waals surface area (Å²) in [6.45, 7) is 4.02. The Bertz CT molecular complexity index is 4270. The molecule has 14 rings (SSSR count). The Hall–Kier alpha value is -9.46. The highest BCUT2D eigenvalue weighted by Crippen LogP contribution is 2.51. The Kier molecular flexibility index (Phi) is 7.95. The van der Waals surface area contributed by atoms with E-state index in [1.807, 2.05) is 62.9 Å². The van der Waals surface area contributed by atoms with E-state index >= 15 is 0 Å². The molecule has 0 spiro atoms. The van der Waals surface area contributed by atoms with E-state index < -0.39 is 0 Å². The number of fused-ring (bicyclic) bond motifs is 12. The van der Waals surface area contributed by atoms with Crippen LogP contribution in [0.2, 0.25) is 0 Å². The second-order valence-electron chi connectivity index (χ2n) is 17.3. The first-order valence-electron chi connectivity index (χ1n) is 22.6. The fourth-order valence-electron chi connectivity index (χ4n) is 11.0. The molecule has 14 aromatic rings. The van der Waals surface area contributed by atoms with Crippen LogP contribution in [-0.4, -0.2) is 43.2 Å². The lowest BCUT2D eigenvalue weighted by Crippen LogP contribution is -2.17. The summed E-state index contributed by atoms with van der Waals surface area (Å²) in [5, 5.41) is 20.5. The molecule has 0 N–H and O–H groups in total. The Labute approximate surface area is 387 Å². The molecule has 9 heterocycles. The zero-order chi connectivity index (χ0) is 45.2. The van der Waals surface area contributed by atoms with Gasteiger partial charge in [0, 0.05) is 84.8 Å². The number of hydrogen-bond donors (Lipinski definition) is 0. The van der Waals surface area contributed by atoms with Crippen LogP contribution in [0.3, 0.4) is 0 Å². The summed E-state index contributed by atoms with van der Waals surface area (Å²) >= 11 is 0. The third-order valence-corrected chi connectivity index (χ3v) is 13.5. The van der Waals surface area contributed by atoms with Gasteiger partial charge in [-0.15, -0.1) is 0 Å². The first kappa shape index (κ1) is 37.9. The molecular formula is C58H36N10. The molecule has 10 nitrogen and oxygen atoms in total. The van der Waals surface area contributed by atoms with E-state index in [4.69, 9.17) is 24.9 Å². The van der Waals surface area contributed by atoms with Gasteiger partial charge in [-0.2, -0.15) is 5.26 Å². The number of hydrogen-bond acceptors (Lipinski definition) is 6. The van der Waals surface area contributed by atoms with Crippen molar-refractivity contribution in [1.82, 2.24) is 43.2 Å². The molecule has 10 heteroatoms. The van der Waals surface area contributed by atoms with Crippen molar-refractivity contribution in [2.24, 2.45) is 0 Å². The van der Waals surface area contributed by atoms with E-state index in [0.29, 0.717) is 22.5 Å². The molecule has 0 aliphatic rings. The summed E-state index contributed by atoms with van der Waals surface area (Å²) in [4.78, 5) is 25.8. The molecule has 0 saturated heterocycles. The van der Waals surface area contributed by atoms with E-state index in [1.165, 1.54) is 0 Å². The van der Waals surface area contributed by atoms with Gasteiger partial charge in [0.15, 0.2) is 0 Å². The predicted octanol–water partition coefficient (Wildman–Crippen LogP) is 13.2. The summed E-state index contributed by atoms with van der Waals surface area (Å²) in [5.41, 5.74) is 13.2. The van der Waals surface area contributed by atoms with E-state index in [-0.39, 0.29) is 0 Å². The van der Waals surface area contributed by atoms with Crippen LogP contribution in [0.25, 0.3) is 122 Å². The Morgan fingerprint density at radius 1 is 0.368 bits per heavy atom. The van der Waals surface area contributed by atoms with Crippen LogP contribution < -0.4 is 0 Å². The minimum atomic E-state index is 0.439. The first-order chi connectivity index (χ1) is 33.6. The van der Waals surface area contributed by atoms with Gasteiger partial charge < -0.3 is 0 Å². The van der Waals surface area contributed by atoms with Crippen LogP contribution >= 0.6 is 0 Å². The molecule has 0 amide bonds. The Balaban J connectivity index is 1.39. The molecule has 0 aliphatic heterocycles. The first-order valence-corrected chi connectivity index (χ1v) is 22.6. The second-order valence-corrected chi connectivity index (χ2v) is 17.3. The van der Waals surface area contributed by atoms with Gasteiger partial charge in [0.1, 0.15) is 28.7 Å². The molecular weight excluding hydrogens is 837 g/mol. The average Bonchev–Trinajstić information content (AvgIpc) is 4.10. The van der Waals surface area contributed by atoms with E-state index in [0.717, 1.165) is 116 Å². The third kappa shape index (κ3) is 5.12. The van der Waals surface area contributed by atoms with Crippen LogP contribution in [0.4, 0.5) is 0 Å². The minimum absolute atomic E-state index is 0.439. The van der Waals surface area contributed by atoms with Crippen molar-refractivity contribution in [2.75, 3.05) is 0 Å². The lowest BCUT2D eigenvalue weighted by molar-refractivity contribution is 0.994. The van der Waals surface area contributed by atoms with Gasteiger partial charge in [0.2, 0.25) is 0 Å². The van der Waals surface area contributed by atoms with Crippen LogP contribution in [-0.2, 0) is 0 Å². The summed E-state index contributed by atoms with van der Waals surface area (Å²) in [6, 6.07) is 57.3. The third-order valence-electron chi connectivity index (χ3n) is 13.5. The number of nitriles is 1. The fraction of sp³-hybridized carbons (Fsp3) is 0.0345. The maximum absolute atomic E-state index is 12.4. The molecule has 68 heavy (non-hydrogen) atoms. The van der Waals surface area contributed by atoms with Crippen molar-refractivity contribution in [2.45, 2.75) is 13.8 Å². The van der Waals surface area contributed by atoms with E-state index in [1.54, 1.807) is 0 Å². The molecule has 5 aromatic carbocycles. The van der Waals surface area contributed by atoms with Gasteiger partial charge in [-0.25, -0.2) is 19.9 Å². The lowest BCUT2D eigenvalue weighted by Gasteiger charge is -2.29. The number of benzene rings is 5. The number of pyridine rings is 5. The zero-order valence-electron chi connectivity index (χ0n) is 36.8. The van der Waals surface area contributed by atoms with Crippen molar-refractivity contribution in [3.05, 3.63) is 199 Å². The number of para-hydroxylation sites is 4. The number of aryl methyl sites for hydroxylation is 2. The summed E-state index contributed by atoms with van der Waals surface area (Å²) in [6.07, 6.45) is 7.39. The smallest absolute Gasteiger partial charge is 0.145 e. The molecule has 9 aromatic heterocycles. The summed E-state index contributed by atoms with van der Waals surface area (Å²) < 4.78 is 9.04. The van der Waals surface area contributed by atoms with Gasteiger partial charge in [-0.3, -0.25) is 23.3 Å². The topological polar surface area (TPSA) is 108 Å². The van der Waals surface area contributed by atoms with Gasteiger partial charge in [0.25, 0.3) is 0 Å². The molecule has 0 radical (unpaired) electrons. The van der Waals surface area contributed by atoms with Crippen molar-refractivity contribution >= 4 is 87.7 Å². The van der Waals surface area contributed by atoms with Crippen molar-refractivity contribution in [3.8, 4) is 39.9 Å². The standard InChI is InChI=1S/C58H36N10/c1-34-31-36(32-35(2)64-34)50-45(33-59)51(65-46-23-7-3-15-37(46)41-19-11-27-60-55(41)65)53(67-48-25-9-5-17-39(48)43-21-13-29-62-57(43)67)54(68-49-26-10-6-18-40(49)44-22-14-30-63-58(44)68)52(50)66-47-24-8-4-16-38(47)42-20-12-28-61-56(42)66/h3-32H,1-2H3. The highest BCUT2D eigenvalue weighted by molar-refractivity contribution is 6.16. The highest BCUT2D eigenvalue weighted by atomic mass is 15.2. The average molecular weight is 873 g/mol. The van der Waals surface area contributed by atoms with Gasteiger partial charge in [-0.05, 0) is 104 Å². The van der Waals surface area contributed by atoms with Crippen LogP contribution in [0, 0.1) is 25.2 Å². The van der Waals surface area contributed by atoms with Crippen LogP contribution in [0.5, 0.6) is 0 Å².